The van der Waals surface area contributed by atoms with Gasteiger partial charge in [-0.1, -0.05) is 22.0 Å². The van der Waals surface area contributed by atoms with Crippen molar-refractivity contribution < 1.29 is 9.18 Å². The van der Waals surface area contributed by atoms with E-state index < -0.39 is 17.8 Å². The Hall–Kier alpha value is -2.39. The van der Waals surface area contributed by atoms with Gasteiger partial charge in [-0.15, -0.1) is 0 Å². The first-order valence-electron chi connectivity index (χ1n) is 6.02. The first kappa shape index (κ1) is 15.0. The number of primary amides is 1. The van der Waals surface area contributed by atoms with Crippen molar-refractivity contribution in [1.29, 1.82) is 5.26 Å². The van der Waals surface area contributed by atoms with Gasteiger partial charge in [0.15, 0.2) is 0 Å². The third-order valence-corrected chi connectivity index (χ3v) is 3.41. The van der Waals surface area contributed by atoms with E-state index in [4.69, 9.17) is 11.0 Å². The van der Waals surface area contributed by atoms with Crippen molar-refractivity contribution in [3.05, 3.63) is 63.9 Å². The van der Waals surface area contributed by atoms with Gasteiger partial charge >= 0.3 is 0 Å². The smallest absolute Gasteiger partial charge is 0.244 e. The van der Waals surface area contributed by atoms with Crippen LogP contribution in [0.4, 0.5) is 10.1 Å². The Kier molecular flexibility index (Phi) is 4.55. The zero-order chi connectivity index (χ0) is 15.4. The summed E-state index contributed by atoms with van der Waals surface area (Å²) in [6.07, 6.45) is 0. The molecule has 0 saturated heterocycles. The van der Waals surface area contributed by atoms with Gasteiger partial charge in [-0.05, 0) is 42.0 Å². The quantitative estimate of drug-likeness (QED) is 0.891. The van der Waals surface area contributed by atoms with E-state index in [1.165, 1.54) is 12.1 Å². The molecule has 4 nitrogen and oxygen atoms in total. The molecule has 3 N–H and O–H groups in total. The van der Waals surface area contributed by atoms with Crippen LogP contribution in [0.25, 0.3) is 0 Å². The van der Waals surface area contributed by atoms with E-state index in [1.807, 2.05) is 12.1 Å². The number of benzene rings is 2. The summed E-state index contributed by atoms with van der Waals surface area (Å²) in [6, 6.07) is 11.9. The lowest BCUT2D eigenvalue weighted by Crippen LogP contribution is -2.27. The zero-order valence-electron chi connectivity index (χ0n) is 10.8. The summed E-state index contributed by atoms with van der Waals surface area (Å²) in [4.78, 5) is 11.6. The molecule has 0 heterocycles. The molecule has 0 bridgehead atoms. The highest BCUT2D eigenvalue weighted by molar-refractivity contribution is 9.10. The van der Waals surface area contributed by atoms with Crippen molar-refractivity contribution in [3.8, 4) is 6.07 Å². The lowest BCUT2D eigenvalue weighted by molar-refractivity contribution is -0.118. The van der Waals surface area contributed by atoms with Crippen molar-refractivity contribution >= 4 is 27.5 Å². The third kappa shape index (κ3) is 3.58. The molecule has 2 rings (SSSR count). The summed E-state index contributed by atoms with van der Waals surface area (Å²) in [5, 5.41) is 11.8. The van der Waals surface area contributed by atoms with Gasteiger partial charge in [0.25, 0.3) is 0 Å². The summed E-state index contributed by atoms with van der Waals surface area (Å²) in [5.41, 5.74) is 6.38. The molecule has 0 radical (unpaired) electrons. The fourth-order valence-corrected chi connectivity index (χ4v) is 2.10. The lowest BCUT2D eigenvalue weighted by atomic mass is 10.0. The Labute approximate surface area is 129 Å². The Morgan fingerprint density at radius 2 is 1.95 bits per heavy atom. The number of hydrogen-bond acceptors (Lipinski definition) is 3. The molecular weight excluding hydrogens is 337 g/mol. The maximum absolute atomic E-state index is 13.3. The van der Waals surface area contributed by atoms with Crippen molar-refractivity contribution in [2.45, 2.75) is 6.04 Å². The van der Waals surface area contributed by atoms with Crippen LogP contribution < -0.4 is 11.1 Å². The highest BCUT2D eigenvalue weighted by Gasteiger charge is 2.19. The van der Waals surface area contributed by atoms with Gasteiger partial charge in [0.05, 0.1) is 5.56 Å². The Morgan fingerprint density at radius 1 is 1.29 bits per heavy atom. The number of nitriles is 1. The van der Waals surface area contributed by atoms with Crippen LogP contribution in [0.5, 0.6) is 0 Å². The van der Waals surface area contributed by atoms with E-state index >= 15 is 0 Å². The molecule has 2 aromatic carbocycles. The Bertz CT molecular complexity index is 710. The predicted molar refractivity (Wildman–Crippen MR) is 80.8 cm³/mol. The van der Waals surface area contributed by atoms with Crippen LogP contribution in [0.2, 0.25) is 0 Å². The molecule has 0 fully saturated rings. The zero-order valence-corrected chi connectivity index (χ0v) is 12.4. The number of nitrogens with one attached hydrogen (secondary N) is 1. The second-order valence-electron chi connectivity index (χ2n) is 4.34. The van der Waals surface area contributed by atoms with E-state index in [9.17, 15) is 9.18 Å². The van der Waals surface area contributed by atoms with Crippen molar-refractivity contribution in [2.75, 3.05) is 5.32 Å². The first-order valence-corrected chi connectivity index (χ1v) is 6.81. The standard InChI is InChI=1S/C15H11BrFN3O/c16-11-2-4-12(5-3-11)20-14(15(19)21)9-1-6-13(17)10(7-9)8-18/h1-7,14,20H,(H2,19,21). The minimum Gasteiger partial charge on any atom is -0.370 e. The summed E-state index contributed by atoms with van der Waals surface area (Å²) in [5.74, 6) is -1.25. The number of carbonyl (C=O) groups is 1. The Morgan fingerprint density at radius 3 is 2.52 bits per heavy atom. The van der Waals surface area contributed by atoms with Gasteiger partial charge in [-0.2, -0.15) is 5.26 Å². The van der Waals surface area contributed by atoms with Crippen LogP contribution in [-0.2, 0) is 4.79 Å². The van der Waals surface area contributed by atoms with E-state index in [0.29, 0.717) is 11.3 Å². The van der Waals surface area contributed by atoms with Gasteiger partial charge in [0.2, 0.25) is 5.91 Å². The van der Waals surface area contributed by atoms with Crippen LogP contribution in [0.1, 0.15) is 17.2 Å². The minimum absolute atomic E-state index is 0.128. The molecule has 21 heavy (non-hydrogen) atoms. The number of nitrogens with zero attached hydrogens (tertiary/aromatic N) is 1. The second-order valence-corrected chi connectivity index (χ2v) is 5.25. The fraction of sp³-hybridized carbons (Fsp3) is 0.0667. The number of nitrogens with two attached hydrogens (primary N) is 1. The molecule has 1 atom stereocenters. The number of anilines is 1. The highest BCUT2D eigenvalue weighted by Crippen LogP contribution is 2.23. The number of carbonyl (C=O) groups excluding carboxylic acids is 1. The van der Waals surface area contributed by atoms with Crippen molar-refractivity contribution in [2.24, 2.45) is 5.73 Å². The normalized spacial score (nSPS) is 11.5. The van der Waals surface area contributed by atoms with E-state index in [-0.39, 0.29) is 5.56 Å². The van der Waals surface area contributed by atoms with Gasteiger partial charge in [0.1, 0.15) is 17.9 Å². The fourth-order valence-electron chi connectivity index (χ4n) is 1.84. The summed E-state index contributed by atoms with van der Waals surface area (Å²) in [6.45, 7) is 0. The average molecular weight is 348 g/mol. The second kappa shape index (κ2) is 6.37. The predicted octanol–water partition coefficient (Wildman–Crippen LogP) is 3.10. The Balaban J connectivity index is 2.33. The maximum atomic E-state index is 13.3. The van der Waals surface area contributed by atoms with E-state index in [0.717, 1.165) is 10.5 Å². The minimum atomic E-state index is -0.848. The number of hydrogen-bond donors (Lipinski definition) is 2. The molecule has 106 valence electrons. The highest BCUT2D eigenvalue weighted by atomic mass is 79.9. The summed E-state index contributed by atoms with van der Waals surface area (Å²) >= 11 is 3.32. The summed E-state index contributed by atoms with van der Waals surface area (Å²) < 4.78 is 14.2. The van der Waals surface area contributed by atoms with Gasteiger partial charge < -0.3 is 11.1 Å². The van der Waals surface area contributed by atoms with Crippen molar-refractivity contribution in [3.63, 3.8) is 0 Å². The van der Waals surface area contributed by atoms with Crippen LogP contribution in [-0.4, -0.2) is 5.91 Å². The topological polar surface area (TPSA) is 78.9 Å². The molecule has 0 spiro atoms. The molecule has 1 amide bonds. The van der Waals surface area contributed by atoms with Crippen molar-refractivity contribution in [1.82, 2.24) is 0 Å². The SMILES string of the molecule is N#Cc1cc(C(Nc2ccc(Br)cc2)C(N)=O)ccc1F. The molecule has 0 aliphatic rings. The number of amides is 1. The van der Waals surface area contributed by atoms with E-state index in [2.05, 4.69) is 21.2 Å². The van der Waals surface area contributed by atoms with Crippen LogP contribution >= 0.6 is 15.9 Å². The third-order valence-electron chi connectivity index (χ3n) is 2.88. The number of halogens is 2. The van der Waals surface area contributed by atoms with Crippen LogP contribution in [0.3, 0.4) is 0 Å². The largest absolute Gasteiger partial charge is 0.370 e. The molecule has 0 aromatic heterocycles. The molecule has 1 unspecified atom stereocenters. The van der Waals surface area contributed by atoms with Crippen LogP contribution in [0, 0.1) is 17.1 Å². The monoisotopic (exact) mass is 347 g/mol. The van der Waals surface area contributed by atoms with Gasteiger partial charge in [-0.3, -0.25) is 4.79 Å². The molecule has 0 saturated carbocycles. The maximum Gasteiger partial charge on any atom is 0.244 e. The lowest BCUT2D eigenvalue weighted by Gasteiger charge is -2.17. The van der Waals surface area contributed by atoms with Crippen LogP contribution in [0.15, 0.2) is 46.9 Å². The van der Waals surface area contributed by atoms with E-state index in [1.54, 1.807) is 18.2 Å². The number of rotatable bonds is 4. The summed E-state index contributed by atoms with van der Waals surface area (Å²) in [7, 11) is 0. The van der Waals surface area contributed by atoms with Gasteiger partial charge in [-0.25, -0.2) is 4.39 Å². The molecule has 0 aliphatic carbocycles. The first-order chi connectivity index (χ1) is 10.0. The molecular formula is C15H11BrFN3O. The van der Waals surface area contributed by atoms with Gasteiger partial charge in [0, 0.05) is 10.2 Å². The molecule has 2 aromatic rings. The molecule has 6 heteroatoms. The average Bonchev–Trinajstić information content (AvgIpc) is 2.47. The molecule has 0 aliphatic heterocycles.